The van der Waals surface area contributed by atoms with Gasteiger partial charge in [-0.05, 0) is 34.6 Å². The number of rotatable bonds is 2. The minimum atomic E-state index is 0.222. The number of hydrogen-bond donors (Lipinski definition) is 0. The molecule has 0 spiro atoms. The van der Waals surface area contributed by atoms with Gasteiger partial charge in [0.2, 0.25) is 5.91 Å². The molecule has 0 unspecified atom stereocenters. The van der Waals surface area contributed by atoms with Crippen LogP contribution in [0.1, 0.15) is 18.4 Å². The highest BCUT2D eigenvalue weighted by Crippen LogP contribution is 2.22. The number of hydrogen-bond acceptors (Lipinski definition) is 1. The van der Waals surface area contributed by atoms with Crippen molar-refractivity contribution in [1.29, 1.82) is 0 Å². The summed E-state index contributed by atoms with van der Waals surface area (Å²) >= 11 is 2.29. The van der Waals surface area contributed by atoms with Crippen LogP contribution in [0.3, 0.4) is 0 Å². The quantitative estimate of drug-likeness (QED) is 0.769. The van der Waals surface area contributed by atoms with E-state index in [-0.39, 0.29) is 5.91 Å². The van der Waals surface area contributed by atoms with Crippen LogP contribution in [-0.4, -0.2) is 10.8 Å². The van der Waals surface area contributed by atoms with Crippen molar-refractivity contribution in [2.75, 3.05) is 0 Å². The van der Waals surface area contributed by atoms with Crippen LogP contribution in [0.5, 0.6) is 0 Å². The molecule has 0 radical (unpaired) electrons. The van der Waals surface area contributed by atoms with E-state index in [1.165, 1.54) is 9.14 Å². The van der Waals surface area contributed by atoms with Gasteiger partial charge in [-0.25, -0.2) is 0 Å². The Labute approximate surface area is 103 Å². The van der Waals surface area contributed by atoms with Gasteiger partial charge in [-0.3, -0.25) is 4.79 Å². The molecule has 0 saturated heterocycles. The highest BCUT2D eigenvalue weighted by Gasteiger charge is 2.17. The zero-order valence-electron chi connectivity index (χ0n) is 8.32. The van der Waals surface area contributed by atoms with E-state index in [9.17, 15) is 4.79 Å². The Hall–Kier alpha value is -0.840. The first kappa shape index (κ1) is 10.7. The van der Waals surface area contributed by atoms with E-state index in [1.54, 1.807) is 4.90 Å². The van der Waals surface area contributed by atoms with Crippen molar-refractivity contribution < 1.29 is 4.79 Å². The number of carbonyl (C=O) groups is 1. The lowest BCUT2D eigenvalue weighted by molar-refractivity contribution is -0.129. The molecule has 0 atom stereocenters. The maximum absolute atomic E-state index is 11.6. The van der Waals surface area contributed by atoms with Gasteiger partial charge >= 0.3 is 0 Å². The minimum Gasteiger partial charge on any atom is -0.314 e. The second-order valence-electron chi connectivity index (χ2n) is 3.58. The van der Waals surface area contributed by atoms with E-state index < -0.39 is 0 Å². The zero-order valence-corrected chi connectivity index (χ0v) is 10.5. The third kappa shape index (κ3) is 2.81. The number of benzene rings is 1. The molecule has 0 bridgehead atoms. The number of nitrogens with zero attached hydrogens (tertiary/aromatic N) is 1. The smallest absolute Gasteiger partial charge is 0.227 e. The molecule has 0 saturated carbocycles. The van der Waals surface area contributed by atoms with E-state index >= 15 is 0 Å². The lowest BCUT2D eigenvalue weighted by atomic mass is 10.1. The van der Waals surface area contributed by atoms with Crippen molar-refractivity contribution in [2.45, 2.75) is 19.4 Å². The number of amides is 1. The first-order valence-corrected chi connectivity index (χ1v) is 6.03. The van der Waals surface area contributed by atoms with E-state index in [2.05, 4.69) is 22.6 Å². The highest BCUT2D eigenvalue weighted by molar-refractivity contribution is 14.1. The lowest BCUT2D eigenvalue weighted by Gasteiger charge is -2.23. The normalized spacial score (nSPS) is 16.5. The summed E-state index contributed by atoms with van der Waals surface area (Å²) in [6.45, 7) is 0.687. The molecule has 0 aromatic heterocycles. The van der Waals surface area contributed by atoms with Gasteiger partial charge < -0.3 is 4.90 Å². The summed E-state index contributed by atoms with van der Waals surface area (Å²) < 4.78 is 1.25. The molecule has 1 aromatic rings. The van der Waals surface area contributed by atoms with Gasteiger partial charge in [-0.2, -0.15) is 0 Å². The molecular weight excluding hydrogens is 301 g/mol. The molecule has 0 N–H and O–H groups in total. The highest BCUT2D eigenvalue weighted by atomic mass is 127. The third-order valence-electron chi connectivity index (χ3n) is 2.39. The Balaban J connectivity index is 2.11. The van der Waals surface area contributed by atoms with Gasteiger partial charge in [0.25, 0.3) is 0 Å². The maximum Gasteiger partial charge on any atom is 0.227 e. The summed E-state index contributed by atoms with van der Waals surface area (Å²) in [7, 11) is 0. The van der Waals surface area contributed by atoms with Crippen LogP contribution in [0.15, 0.2) is 40.1 Å². The molecule has 15 heavy (non-hydrogen) atoms. The van der Waals surface area contributed by atoms with Crippen molar-refractivity contribution in [3.05, 3.63) is 45.7 Å². The van der Waals surface area contributed by atoms with E-state index in [0.717, 1.165) is 6.42 Å². The Bertz CT molecular complexity index is 386. The Morgan fingerprint density at radius 1 is 1.20 bits per heavy atom. The number of halogens is 1. The van der Waals surface area contributed by atoms with Crippen molar-refractivity contribution in [1.82, 2.24) is 4.90 Å². The molecule has 2 rings (SSSR count). The SMILES string of the molecule is O=C1CCC(I)=CN1Cc1ccccc1. The van der Waals surface area contributed by atoms with Crippen LogP contribution in [0.25, 0.3) is 0 Å². The minimum absolute atomic E-state index is 0.222. The molecule has 1 amide bonds. The zero-order chi connectivity index (χ0) is 10.7. The topological polar surface area (TPSA) is 20.3 Å². The summed E-state index contributed by atoms with van der Waals surface area (Å²) in [6, 6.07) is 10.1. The molecular formula is C12H12INO. The number of carbonyl (C=O) groups excluding carboxylic acids is 1. The first-order valence-electron chi connectivity index (χ1n) is 4.95. The molecule has 3 heteroatoms. The summed E-state index contributed by atoms with van der Waals surface area (Å²) in [5.41, 5.74) is 1.17. The summed E-state index contributed by atoms with van der Waals surface area (Å²) in [5, 5.41) is 0. The predicted molar refractivity (Wildman–Crippen MR) is 68.3 cm³/mol. The maximum atomic E-state index is 11.6. The molecule has 1 aliphatic rings. The Morgan fingerprint density at radius 2 is 1.93 bits per heavy atom. The lowest BCUT2D eigenvalue weighted by Crippen LogP contribution is -2.27. The average molecular weight is 313 g/mol. The van der Waals surface area contributed by atoms with Gasteiger partial charge in [-0.1, -0.05) is 30.3 Å². The predicted octanol–water partition coefficient (Wildman–Crippen LogP) is 3.09. The fraction of sp³-hybridized carbons (Fsp3) is 0.250. The molecule has 1 aliphatic heterocycles. The van der Waals surface area contributed by atoms with E-state index in [1.807, 2.05) is 36.5 Å². The Morgan fingerprint density at radius 3 is 2.67 bits per heavy atom. The van der Waals surface area contributed by atoms with Crippen LogP contribution in [0.2, 0.25) is 0 Å². The van der Waals surface area contributed by atoms with Gasteiger partial charge in [0.05, 0.1) is 6.54 Å². The van der Waals surface area contributed by atoms with Gasteiger partial charge in [0.1, 0.15) is 0 Å². The molecule has 78 valence electrons. The van der Waals surface area contributed by atoms with Gasteiger partial charge in [0, 0.05) is 16.2 Å². The standard InChI is InChI=1S/C12H12INO/c13-11-6-7-12(15)14(9-11)8-10-4-2-1-3-5-10/h1-5,9H,6-8H2. The monoisotopic (exact) mass is 313 g/mol. The van der Waals surface area contributed by atoms with Crippen molar-refractivity contribution >= 4 is 28.5 Å². The first-order chi connectivity index (χ1) is 7.25. The Kier molecular flexibility index (Phi) is 3.41. The molecule has 1 heterocycles. The van der Waals surface area contributed by atoms with Gasteiger partial charge in [0.15, 0.2) is 0 Å². The van der Waals surface area contributed by atoms with Crippen molar-refractivity contribution in [3.8, 4) is 0 Å². The van der Waals surface area contributed by atoms with Crippen LogP contribution in [-0.2, 0) is 11.3 Å². The average Bonchev–Trinajstić information content (AvgIpc) is 2.25. The van der Waals surface area contributed by atoms with Crippen LogP contribution < -0.4 is 0 Å². The summed E-state index contributed by atoms with van der Waals surface area (Å²) in [4.78, 5) is 13.4. The molecule has 0 aliphatic carbocycles. The van der Waals surface area contributed by atoms with E-state index in [4.69, 9.17) is 0 Å². The van der Waals surface area contributed by atoms with E-state index in [0.29, 0.717) is 13.0 Å². The molecule has 1 aromatic carbocycles. The van der Waals surface area contributed by atoms with Crippen LogP contribution >= 0.6 is 22.6 Å². The largest absolute Gasteiger partial charge is 0.314 e. The van der Waals surface area contributed by atoms with Crippen LogP contribution in [0.4, 0.5) is 0 Å². The third-order valence-corrected chi connectivity index (χ3v) is 3.21. The van der Waals surface area contributed by atoms with Gasteiger partial charge in [-0.15, -0.1) is 0 Å². The van der Waals surface area contributed by atoms with Crippen molar-refractivity contribution in [2.24, 2.45) is 0 Å². The second-order valence-corrected chi connectivity index (χ2v) is 4.97. The summed E-state index contributed by atoms with van der Waals surface area (Å²) in [5.74, 6) is 0.222. The summed E-state index contributed by atoms with van der Waals surface area (Å²) in [6.07, 6.45) is 3.49. The van der Waals surface area contributed by atoms with Crippen molar-refractivity contribution in [3.63, 3.8) is 0 Å². The van der Waals surface area contributed by atoms with Crippen LogP contribution in [0, 0.1) is 0 Å². The fourth-order valence-electron chi connectivity index (χ4n) is 1.59. The number of allylic oxidation sites excluding steroid dienone is 1. The second kappa shape index (κ2) is 4.79. The molecule has 0 fully saturated rings. The molecule has 2 nitrogen and oxygen atoms in total. The fourth-order valence-corrected chi connectivity index (χ4v) is 2.20.